The lowest BCUT2D eigenvalue weighted by Gasteiger charge is -2.31. The van der Waals surface area contributed by atoms with Gasteiger partial charge >= 0.3 is 0 Å². The number of rotatable bonds is 3. The van der Waals surface area contributed by atoms with Crippen LogP contribution in [0.5, 0.6) is 0 Å². The predicted octanol–water partition coefficient (Wildman–Crippen LogP) is 1.33. The van der Waals surface area contributed by atoms with Gasteiger partial charge in [0.1, 0.15) is 5.82 Å². The molecule has 1 aromatic rings. The van der Waals surface area contributed by atoms with Gasteiger partial charge in [-0.15, -0.1) is 0 Å². The Balaban J connectivity index is 2.05. The van der Waals surface area contributed by atoms with Crippen molar-refractivity contribution in [3.63, 3.8) is 0 Å². The molecule has 1 fully saturated rings. The van der Waals surface area contributed by atoms with Crippen LogP contribution in [0.3, 0.4) is 0 Å². The van der Waals surface area contributed by atoms with Crippen LogP contribution in [0.15, 0.2) is 18.3 Å². The van der Waals surface area contributed by atoms with E-state index in [-0.39, 0.29) is 5.91 Å². The molecule has 0 bridgehead atoms. The van der Waals surface area contributed by atoms with E-state index in [0.717, 1.165) is 25.3 Å². The van der Waals surface area contributed by atoms with Crippen LogP contribution < -0.4 is 11.3 Å². The first-order valence-corrected chi connectivity index (χ1v) is 7.13. The van der Waals surface area contributed by atoms with Gasteiger partial charge in [0, 0.05) is 30.3 Å². The summed E-state index contributed by atoms with van der Waals surface area (Å²) in [5.41, 5.74) is 3.07. The minimum absolute atomic E-state index is 0.0600. The average Bonchev–Trinajstić information content (AvgIpc) is 2.46. The number of amides is 1. The number of nitrogen functional groups attached to an aromatic ring is 1. The third kappa shape index (κ3) is 2.94. The van der Waals surface area contributed by atoms with Gasteiger partial charge in [-0.25, -0.2) is 10.8 Å². The van der Waals surface area contributed by atoms with Gasteiger partial charge in [-0.2, -0.15) is 11.8 Å². The monoisotopic (exact) mass is 266 g/mol. The van der Waals surface area contributed by atoms with Gasteiger partial charge in [-0.3, -0.25) is 4.79 Å². The lowest BCUT2D eigenvalue weighted by atomic mass is 10.2. The second-order valence-electron chi connectivity index (χ2n) is 4.23. The molecule has 0 saturated carbocycles. The second-order valence-corrected chi connectivity index (χ2v) is 5.64. The van der Waals surface area contributed by atoms with Gasteiger partial charge in [-0.1, -0.05) is 6.92 Å². The zero-order valence-corrected chi connectivity index (χ0v) is 11.2. The lowest BCUT2D eigenvalue weighted by Crippen LogP contribution is -2.41. The molecule has 1 unspecified atom stereocenters. The largest absolute Gasteiger partial charge is 0.337 e. The van der Waals surface area contributed by atoms with Crippen molar-refractivity contribution in [1.82, 2.24) is 9.88 Å². The minimum atomic E-state index is 0.0600. The topological polar surface area (TPSA) is 71.2 Å². The molecule has 6 heteroatoms. The molecular weight excluding hydrogens is 248 g/mol. The Hall–Kier alpha value is -1.27. The van der Waals surface area contributed by atoms with Crippen molar-refractivity contribution in [2.24, 2.45) is 5.84 Å². The van der Waals surface area contributed by atoms with Crippen LogP contribution in [0.2, 0.25) is 0 Å². The van der Waals surface area contributed by atoms with Gasteiger partial charge in [-0.05, 0) is 18.6 Å². The summed E-state index contributed by atoms with van der Waals surface area (Å²) in [6, 6.07) is 3.47. The number of carbonyl (C=O) groups is 1. The standard InChI is InChI=1S/C12H18N4OS/c1-2-10-8-16(5-6-18-10)12(17)9-3-4-11(15-13)14-7-9/h3-4,7,10H,2,5-6,8,13H2,1H3,(H,14,15). The van der Waals surface area contributed by atoms with E-state index < -0.39 is 0 Å². The Bertz CT molecular complexity index is 409. The summed E-state index contributed by atoms with van der Waals surface area (Å²) in [6.07, 6.45) is 2.67. The molecule has 3 N–H and O–H groups in total. The summed E-state index contributed by atoms with van der Waals surface area (Å²) < 4.78 is 0. The first-order valence-electron chi connectivity index (χ1n) is 6.08. The van der Waals surface area contributed by atoms with Crippen LogP contribution in [0.25, 0.3) is 0 Å². The fourth-order valence-electron chi connectivity index (χ4n) is 1.94. The van der Waals surface area contributed by atoms with Gasteiger partial charge in [0.05, 0.1) is 5.56 Å². The van der Waals surface area contributed by atoms with E-state index in [1.165, 1.54) is 0 Å². The highest BCUT2D eigenvalue weighted by molar-refractivity contribution is 8.00. The molecule has 0 aliphatic carbocycles. The fourth-order valence-corrected chi connectivity index (χ4v) is 3.12. The highest BCUT2D eigenvalue weighted by Crippen LogP contribution is 2.22. The fraction of sp³-hybridized carbons (Fsp3) is 0.500. The van der Waals surface area contributed by atoms with Crippen LogP contribution in [-0.2, 0) is 0 Å². The van der Waals surface area contributed by atoms with Crippen molar-refractivity contribution >= 4 is 23.5 Å². The minimum Gasteiger partial charge on any atom is -0.337 e. The maximum Gasteiger partial charge on any atom is 0.255 e. The first kappa shape index (κ1) is 13.2. The summed E-state index contributed by atoms with van der Waals surface area (Å²) in [4.78, 5) is 18.3. The molecule has 0 aromatic carbocycles. The van der Waals surface area contributed by atoms with Crippen molar-refractivity contribution in [3.8, 4) is 0 Å². The maximum atomic E-state index is 12.3. The number of nitrogens with one attached hydrogen (secondary N) is 1. The van der Waals surface area contributed by atoms with Gasteiger partial charge in [0.2, 0.25) is 0 Å². The van der Waals surface area contributed by atoms with Crippen LogP contribution in [0.4, 0.5) is 5.82 Å². The van der Waals surface area contributed by atoms with Crippen molar-refractivity contribution in [2.75, 3.05) is 24.3 Å². The van der Waals surface area contributed by atoms with Crippen LogP contribution in [0.1, 0.15) is 23.7 Å². The number of hydrazine groups is 1. The molecule has 0 spiro atoms. The Morgan fingerprint density at radius 3 is 3.11 bits per heavy atom. The summed E-state index contributed by atoms with van der Waals surface area (Å²) in [6.45, 7) is 3.81. The summed E-state index contributed by atoms with van der Waals surface area (Å²) in [7, 11) is 0. The van der Waals surface area contributed by atoms with Crippen LogP contribution >= 0.6 is 11.8 Å². The Morgan fingerprint density at radius 1 is 1.67 bits per heavy atom. The summed E-state index contributed by atoms with van der Waals surface area (Å²) >= 11 is 1.95. The van der Waals surface area contributed by atoms with E-state index >= 15 is 0 Å². The van der Waals surface area contributed by atoms with E-state index in [0.29, 0.717) is 16.6 Å². The number of hydrogen-bond donors (Lipinski definition) is 2. The molecule has 1 aliphatic rings. The van der Waals surface area contributed by atoms with E-state index in [4.69, 9.17) is 5.84 Å². The molecule has 2 heterocycles. The third-order valence-corrected chi connectivity index (χ3v) is 4.41. The normalized spacial score (nSPS) is 19.7. The number of thioether (sulfide) groups is 1. The number of carbonyl (C=O) groups excluding carboxylic acids is 1. The lowest BCUT2D eigenvalue weighted by molar-refractivity contribution is 0.0760. The molecule has 1 amide bonds. The van der Waals surface area contributed by atoms with E-state index in [1.54, 1.807) is 18.3 Å². The number of nitrogens with two attached hydrogens (primary N) is 1. The quantitative estimate of drug-likeness (QED) is 0.638. The highest BCUT2D eigenvalue weighted by atomic mass is 32.2. The SMILES string of the molecule is CCC1CN(C(=O)c2ccc(NN)nc2)CCS1. The molecular formula is C12H18N4OS. The molecule has 18 heavy (non-hydrogen) atoms. The molecule has 5 nitrogen and oxygen atoms in total. The number of aromatic nitrogens is 1. The second kappa shape index (κ2) is 6.06. The Labute approximate surface area is 111 Å². The average molecular weight is 266 g/mol. The summed E-state index contributed by atoms with van der Waals surface area (Å²) in [5, 5.41) is 0.556. The van der Waals surface area contributed by atoms with Gasteiger partial charge < -0.3 is 10.3 Å². The molecule has 2 rings (SSSR count). The van der Waals surface area contributed by atoms with E-state index in [1.807, 2.05) is 16.7 Å². The molecule has 1 saturated heterocycles. The first-order chi connectivity index (χ1) is 8.74. The number of hydrogen-bond acceptors (Lipinski definition) is 5. The van der Waals surface area contributed by atoms with Crippen LogP contribution in [0, 0.1) is 0 Å². The van der Waals surface area contributed by atoms with Crippen molar-refractivity contribution in [1.29, 1.82) is 0 Å². The van der Waals surface area contributed by atoms with Crippen molar-refractivity contribution < 1.29 is 4.79 Å². The van der Waals surface area contributed by atoms with E-state index in [9.17, 15) is 4.79 Å². The number of nitrogens with zero attached hydrogens (tertiary/aromatic N) is 2. The van der Waals surface area contributed by atoms with E-state index in [2.05, 4.69) is 17.3 Å². The maximum absolute atomic E-state index is 12.3. The number of anilines is 1. The van der Waals surface area contributed by atoms with Gasteiger partial charge in [0.25, 0.3) is 5.91 Å². The van der Waals surface area contributed by atoms with Crippen molar-refractivity contribution in [2.45, 2.75) is 18.6 Å². The van der Waals surface area contributed by atoms with Gasteiger partial charge in [0.15, 0.2) is 0 Å². The molecule has 1 aliphatic heterocycles. The van der Waals surface area contributed by atoms with Crippen molar-refractivity contribution in [3.05, 3.63) is 23.9 Å². The molecule has 1 atom stereocenters. The summed E-state index contributed by atoms with van der Waals surface area (Å²) in [5.74, 6) is 6.88. The molecule has 98 valence electrons. The molecule has 0 radical (unpaired) electrons. The number of pyridine rings is 1. The smallest absolute Gasteiger partial charge is 0.255 e. The highest BCUT2D eigenvalue weighted by Gasteiger charge is 2.23. The molecule has 1 aromatic heterocycles. The van der Waals surface area contributed by atoms with Crippen LogP contribution in [-0.4, -0.2) is 39.9 Å². The zero-order valence-electron chi connectivity index (χ0n) is 10.4. The Kier molecular flexibility index (Phi) is 4.43. The predicted molar refractivity (Wildman–Crippen MR) is 74.5 cm³/mol. The third-order valence-electron chi connectivity index (χ3n) is 3.04. The Morgan fingerprint density at radius 2 is 2.50 bits per heavy atom. The zero-order chi connectivity index (χ0) is 13.0.